The molecule has 1 fully saturated rings. The van der Waals surface area contributed by atoms with Gasteiger partial charge in [-0.25, -0.2) is 32.8 Å². The SMILES string of the molecule is CCC(c1nc2cc(F)c(F)cc2c(=O)n1C1CC1)n1nc(-c2ccc(OC)c(F)c2)c2c(N)ncnc21. The molecule has 1 saturated carbocycles. The second kappa shape index (κ2) is 8.82. The van der Waals surface area contributed by atoms with Crippen molar-refractivity contribution >= 4 is 27.8 Å². The summed E-state index contributed by atoms with van der Waals surface area (Å²) in [6.07, 6.45) is 3.23. The lowest BCUT2D eigenvalue weighted by molar-refractivity contribution is 0.386. The number of nitrogen functional groups attached to an aromatic ring is 1. The van der Waals surface area contributed by atoms with Crippen molar-refractivity contribution in [3.8, 4) is 17.0 Å². The first-order valence-corrected chi connectivity index (χ1v) is 12.1. The molecule has 1 atom stereocenters. The van der Waals surface area contributed by atoms with Crippen LogP contribution in [0.3, 0.4) is 0 Å². The summed E-state index contributed by atoms with van der Waals surface area (Å²) in [4.78, 5) is 26.6. The van der Waals surface area contributed by atoms with Crippen LogP contribution in [-0.4, -0.2) is 36.4 Å². The van der Waals surface area contributed by atoms with Gasteiger partial charge in [0.1, 0.15) is 29.7 Å². The first-order chi connectivity index (χ1) is 18.3. The predicted octanol–water partition coefficient (Wildman–Crippen LogP) is 4.55. The maximum atomic E-state index is 14.6. The summed E-state index contributed by atoms with van der Waals surface area (Å²) in [6.45, 7) is 1.88. The van der Waals surface area contributed by atoms with Crippen LogP contribution in [0, 0.1) is 17.5 Å². The van der Waals surface area contributed by atoms with Gasteiger partial charge in [0.15, 0.2) is 28.8 Å². The summed E-state index contributed by atoms with van der Waals surface area (Å²) < 4.78 is 50.9. The van der Waals surface area contributed by atoms with Gasteiger partial charge in [0.2, 0.25) is 0 Å². The van der Waals surface area contributed by atoms with Gasteiger partial charge >= 0.3 is 0 Å². The van der Waals surface area contributed by atoms with Gasteiger partial charge in [0, 0.05) is 17.7 Å². The highest BCUT2D eigenvalue weighted by atomic mass is 19.2. The zero-order valence-corrected chi connectivity index (χ0v) is 20.5. The van der Waals surface area contributed by atoms with Gasteiger partial charge in [0.25, 0.3) is 5.56 Å². The molecule has 194 valence electrons. The molecule has 0 spiro atoms. The normalized spacial score (nSPS) is 14.3. The zero-order chi connectivity index (χ0) is 26.7. The van der Waals surface area contributed by atoms with E-state index >= 15 is 0 Å². The number of hydrogen-bond acceptors (Lipinski definition) is 7. The number of nitrogens with two attached hydrogens (primary N) is 1. The second-order valence-electron chi connectivity index (χ2n) is 9.18. The van der Waals surface area contributed by atoms with Gasteiger partial charge in [0.05, 0.1) is 23.4 Å². The van der Waals surface area contributed by atoms with E-state index in [0.717, 1.165) is 25.0 Å². The molecule has 2 N–H and O–H groups in total. The molecule has 0 radical (unpaired) electrons. The van der Waals surface area contributed by atoms with Crippen molar-refractivity contribution < 1.29 is 17.9 Å². The predicted molar refractivity (Wildman–Crippen MR) is 134 cm³/mol. The van der Waals surface area contributed by atoms with Crippen molar-refractivity contribution in [3.63, 3.8) is 0 Å². The lowest BCUT2D eigenvalue weighted by atomic mass is 10.1. The maximum Gasteiger partial charge on any atom is 0.261 e. The number of hydrogen-bond donors (Lipinski definition) is 1. The van der Waals surface area contributed by atoms with Gasteiger partial charge in [-0.15, -0.1) is 0 Å². The number of aromatic nitrogens is 6. The molecule has 3 heterocycles. The first kappa shape index (κ1) is 23.9. The third-order valence-electron chi connectivity index (χ3n) is 6.80. The highest BCUT2D eigenvalue weighted by Gasteiger charge is 2.33. The molecule has 0 saturated heterocycles. The van der Waals surface area contributed by atoms with Gasteiger partial charge in [-0.3, -0.25) is 9.36 Å². The van der Waals surface area contributed by atoms with Crippen molar-refractivity contribution in [1.82, 2.24) is 29.3 Å². The second-order valence-corrected chi connectivity index (χ2v) is 9.18. The van der Waals surface area contributed by atoms with Gasteiger partial charge in [-0.2, -0.15) is 5.10 Å². The molecule has 5 aromatic rings. The Hall–Kier alpha value is -4.48. The Bertz CT molecular complexity index is 1800. The van der Waals surface area contributed by atoms with Crippen molar-refractivity contribution in [1.29, 1.82) is 0 Å². The smallest absolute Gasteiger partial charge is 0.261 e. The van der Waals surface area contributed by atoms with E-state index in [2.05, 4.69) is 15.0 Å². The molecule has 1 aliphatic carbocycles. The van der Waals surface area contributed by atoms with Crippen LogP contribution >= 0.6 is 0 Å². The Labute approximate surface area is 213 Å². The van der Waals surface area contributed by atoms with Crippen LogP contribution in [0.25, 0.3) is 33.2 Å². The molecule has 0 aliphatic heterocycles. The Morgan fingerprint density at radius 1 is 1.11 bits per heavy atom. The van der Waals surface area contributed by atoms with Crippen LogP contribution < -0.4 is 16.0 Å². The zero-order valence-electron chi connectivity index (χ0n) is 20.5. The molecular formula is C26H22F3N7O2. The minimum atomic E-state index is -1.11. The lowest BCUT2D eigenvalue weighted by Gasteiger charge is -2.21. The molecule has 0 bridgehead atoms. The van der Waals surface area contributed by atoms with Crippen molar-refractivity contribution in [2.75, 3.05) is 12.8 Å². The van der Waals surface area contributed by atoms with Crippen LogP contribution in [0.1, 0.15) is 44.1 Å². The molecular weight excluding hydrogens is 499 g/mol. The summed E-state index contributed by atoms with van der Waals surface area (Å²) in [5, 5.41) is 5.17. The molecule has 12 heteroatoms. The van der Waals surface area contributed by atoms with E-state index in [1.807, 2.05) is 6.92 Å². The van der Waals surface area contributed by atoms with Crippen LogP contribution in [0.15, 0.2) is 41.5 Å². The van der Waals surface area contributed by atoms with Gasteiger partial charge in [-0.05, 0) is 43.5 Å². The summed E-state index contributed by atoms with van der Waals surface area (Å²) in [5.41, 5.74) is 6.94. The Balaban J connectivity index is 1.62. The van der Waals surface area contributed by atoms with Crippen LogP contribution in [0.5, 0.6) is 5.75 Å². The monoisotopic (exact) mass is 521 g/mol. The largest absolute Gasteiger partial charge is 0.494 e. The van der Waals surface area contributed by atoms with Crippen molar-refractivity contribution in [2.45, 2.75) is 38.3 Å². The maximum absolute atomic E-state index is 14.6. The quantitative estimate of drug-likeness (QED) is 0.349. The molecule has 6 rings (SSSR count). The van der Waals surface area contributed by atoms with E-state index in [4.69, 9.17) is 15.6 Å². The van der Waals surface area contributed by atoms with Crippen LogP contribution in [-0.2, 0) is 0 Å². The minimum Gasteiger partial charge on any atom is -0.494 e. The van der Waals surface area contributed by atoms with E-state index in [9.17, 15) is 18.0 Å². The van der Waals surface area contributed by atoms with E-state index in [1.54, 1.807) is 15.3 Å². The molecule has 1 aliphatic rings. The highest BCUT2D eigenvalue weighted by molar-refractivity contribution is 5.98. The molecule has 9 nitrogen and oxygen atoms in total. The van der Waals surface area contributed by atoms with E-state index in [1.165, 1.54) is 25.6 Å². The molecule has 0 amide bonds. The molecule has 1 unspecified atom stereocenters. The number of anilines is 1. The van der Waals surface area contributed by atoms with Crippen molar-refractivity contribution in [2.24, 2.45) is 0 Å². The summed E-state index contributed by atoms with van der Waals surface area (Å²) >= 11 is 0. The summed E-state index contributed by atoms with van der Waals surface area (Å²) in [6, 6.07) is 5.47. The average Bonchev–Trinajstić information content (AvgIpc) is 3.66. The fourth-order valence-electron chi connectivity index (χ4n) is 4.83. The minimum absolute atomic E-state index is 0.000642. The fraction of sp³-hybridized carbons (Fsp3) is 0.269. The average molecular weight is 522 g/mol. The third-order valence-corrected chi connectivity index (χ3v) is 6.80. The Morgan fingerprint density at radius 3 is 2.55 bits per heavy atom. The standard InChI is InChI=1S/C26H22F3N7O2/c1-3-19(24-33-18-10-16(28)15(27)9-14(18)26(37)35(24)13-5-6-13)36-25-21(23(30)31-11-32-25)22(34-36)12-4-7-20(38-2)17(29)8-12/h4,7-11,13,19H,3,5-6H2,1-2H3,(H2,30,31,32). The molecule has 3 aromatic heterocycles. The van der Waals surface area contributed by atoms with Crippen molar-refractivity contribution in [3.05, 3.63) is 70.3 Å². The Kier molecular flexibility index (Phi) is 5.55. The van der Waals surface area contributed by atoms with Crippen LogP contribution in [0.4, 0.5) is 19.0 Å². The third kappa shape index (κ3) is 3.66. The summed E-state index contributed by atoms with van der Waals surface area (Å²) in [7, 11) is 1.37. The van der Waals surface area contributed by atoms with Gasteiger partial charge < -0.3 is 10.5 Å². The summed E-state index contributed by atoms with van der Waals surface area (Å²) in [5.74, 6) is -2.23. The lowest BCUT2D eigenvalue weighted by Crippen LogP contribution is -2.29. The number of methoxy groups -OCH3 is 1. The number of benzene rings is 2. The highest BCUT2D eigenvalue weighted by Crippen LogP contribution is 2.39. The number of halogens is 3. The van der Waals surface area contributed by atoms with Gasteiger partial charge in [-0.1, -0.05) is 6.92 Å². The van der Waals surface area contributed by atoms with E-state index in [0.29, 0.717) is 34.5 Å². The van der Waals surface area contributed by atoms with Crippen LogP contribution in [0.2, 0.25) is 0 Å². The molecule has 38 heavy (non-hydrogen) atoms. The topological polar surface area (TPSA) is 114 Å². The molecule has 2 aromatic carbocycles. The van der Waals surface area contributed by atoms with E-state index in [-0.39, 0.29) is 28.5 Å². The number of nitrogens with zero attached hydrogens (tertiary/aromatic N) is 6. The Morgan fingerprint density at radius 2 is 1.87 bits per heavy atom. The number of ether oxygens (including phenoxy) is 1. The fourth-order valence-corrected chi connectivity index (χ4v) is 4.83. The number of rotatable bonds is 6. The first-order valence-electron chi connectivity index (χ1n) is 12.1. The number of fused-ring (bicyclic) bond motifs is 2. The van der Waals surface area contributed by atoms with E-state index < -0.39 is 29.1 Å².